The van der Waals surface area contributed by atoms with Gasteiger partial charge < -0.3 is 14.2 Å². The molecule has 1 amide bonds. The van der Waals surface area contributed by atoms with Gasteiger partial charge in [-0.05, 0) is 30.7 Å². The van der Waals surface area contributed by atoms with Gasteiger partial charge in [0.25, 0.3) is 0 Å². The summed E-state index contributed by atoms with van der Waals surface area (Å²) in [6, 6.07) is 16.1. The van der Waals surface area contributed by atoms with Crippen LogP contribution >= 0.6 is 0 Å². The van der Waals surface area contributed by atoms with E-state index in [1.807, 2.05) is 35.2 Å². The number of rotatable bonds is 10. The van der Waals surface area contributed by atoms with Gasteiger partial charge in [-0.25, -0.2) is 4.98 Å². The second-order valence-electron chi connectivity index (χ2n) is 8.46. The van der Waals surface area contributed by atoms with Crippen molar-refractivity contribution in [2.24, 2.45) is 0 Å². The van der Waals surface area contributed by atoms with Gasteiger partial charge in [0.15, 0.2) is 0 Å². The van der Waals surface area contributed by atoms with E-state index in [2.05, 4.69) is 29.7 Å². The first-order valence-electron chi connectivity index (χ1n) is 11.6. The van der Waals surface area contributed by atoms with E-state index in [9.17, 15) is 4.79 Å². The smallest absolute Gasteiger partial charge is 0.227 e. The van der Waals surface area contributed by atoms with E-state index in [0.29, 0.717) is 13.0 Å². The minimum absolute atomic E-state index is 0.0879. The van der Waals surface area contributed by atoms with Crippen molar-refractivity contribution in [2.45, 2.75) is 64.3 Å². The number of ether oxygens (including phenoxy) is 1. The first kappa shape index (κ1) is 21.4. The second-order valence-corrected chi connectivity index (χ2v) is 8.46. The van der Waals surface area contributed by atoms with Gasteiger partial charge in [0, 0.05) is 25.4 Å². The highest BCUT2D eigenvalue weighted by Gasteiger charge is 2.35. The third kappa shape index (κ3) is 4.60. The number of hydrogen-bond donors (Lipinski definition) is 0. The summed E-state index contributed by atoms with van der Waals surface area (Å²) in [4.78, 5) is 19.8. The number of aromatic nitrogens is 2. The molecule has 5 heteroatoms. The quantitative estimate of drug-likeness (QED) is 0.383. The van der Waals surface area contributed by atoms with Crippen LogP contribution in [0.1, 0.15) is 63.6 Å². The highest BCUT2D eigenvalue weighted by atomic mass is 16.5. The highest BCUT2D eigenvalue weighted by Crippen LogP contribution is 2.37. The predicted molar refractivity (Wildman–Crippen MR) is 126 cm³/mol. The monoisotopic (exact) mass is 419 g/mol. The third-order valence-electron chi connectivity index (χ3n) is 6.29. The molecule has 0 bridgehead atoms. The lowest BCUT2D eigenvalue weighted by Gasteiger charge is -2.19. The van der Waals surface area contributed by atoms with E-state index >= 15 is 0 Å². The number of para-hydroxylation sites is 4. The van der Waals surface area contributed by atoms with Crippen LogP contribution in [0.2, 0.25) is 0 Å². The van der Waals surface area contributed by atoms with Crippen molar-refractivity contribution in [1.82, 2.24) is 9.55 Å². The maximum atomic E-state index is 12.9. The maximum Gasteiger partial charge on any atom is 0.227 e. The Bertz CT molecular complexity index is 1030. The van der Waals surface area contributed by atoms with E-state index < -0.39 is 0 Å². The van der Waals surface area contributed by atoms with Crippen LogP contribution in [0.4, 0.5) is 5.69 Å². The maximum absolute atomic E-state index is 12.9. The SMILES string of the molecule is CCCCCCCCn1c(C2CC(=O)N(c3ccccc3OC)C2)nc2ccccc21. The van der Waals surface area contributed by atoms with Crippen LogP contribution in [0.15, 0.2) is 48.5 Å². The number of aryl methyl sites for hydroxylation is 1. The number of benzene rings is 2. The zero-order valence-corrected chi connectivity index (χ0v) is 18.7. The van der Waals surface area contributed by atoms with E-state index in [1.54, 1.807) is 7.11 Å². The predicted octanol–water partition coefficient (Wildman–Crippen LogP) is 5.93. The Morgan fingerprint density at radius 3 is 2.58 bits per heavy atom. The molecular weight excluding hydrogens is 386 g/mol. The summed E-state index contributed by atoms with van der Waals surface area (Å²) in [5.74, 6) is 2.00. The van der Waals surface area contributed by atoms with Crippen LogP contribution in [0, 0.1) is 0 Å². The molecule has 0 radical (unpaired) electrons. The molecule has 1 aliphatic heterocycles. The number of unbranched alkanes of at least 4 members (excludes halogenated alkanes) is 5. The number of amides is 1. The summed E-state index contributed by atoms with van der Waals surface area (Å²) in [6.45, 7) is 3.85. The molecule has 1 atom stereocenters. The summed E-state index contributed by atoms with van der Waals surface area (Å²) in [6.07, 6.45) is 8.07. The molecule has 3 aromatic rings. The fourth-order valence-corrected chi connectivity index (χ4v) is 4.66. The molecule has 0 N–H and O–H groups in total. The van der Waals surface area contributed by atoms with Gasteiger partial charge in [0.2, 0.25) is 5.91 Å². The Labute approximate surface area is 185 Å². The zero-order chi connectivity index (χ0) is 21.6. The van der Waals surface area contributed by atoms with Crippen molar-refractivity contribution in [3.63, 3.8) is 0 Å². The number of carbonyl (C=O) groups excluding carboxylic acids is 1. The summed E-state index contributed by atoms with van der Waals surface area (Å²) in [7, 11) is 1.65. The van der Waals surface area contributed by atoms with Crippen molar-refractivity contribution in [1.29, 1.82) is 0 Å². The normalized spacial score (nSPS) is 16.4. The van der Waals surface area contributed by atoms with Gasteiger partial charge in [-0.15, -0.1) is 0 Å². The van der Waals surface area contributed by atoms with Gasteiger partial charge in [0.1, 0.15) is 11.6 Å². The van der Waals surface area contributed by atoms with Crippen LogP contribution in [-0.4, -0.2) is 29.1 Å². The fourth-order valence-electron chi connectivity index (χ4n) is 4.66. The first-order valence-corrected chi connectivity index (χ1v) is 11.6. The lowest BCUT2D eigenvalue weighted by atomic mass is 10.1. The van der Waals surface area contributed by atoms with E-state index in [0.717, 1.165) is 35.7 Å². The third-order valence-corrected chi connectivity index (χ3v) is 6.29. The van der Waals surface area contributed by atoms with Crippen LogP contribution in [0.3, 0.4) is 0 Å². The molecule has 31 heavy (non-hydrogen) atoms. The first-order chi connectivity index (χ1) is 15.2. The Kier molecular flexibility index (Phi) is 6.90. The van der Waals surface area contributed by atoms with Gasteiger partial charge in [-0.1, -0.05) is 63.3 Å². The number of hydrogen-bond acceptors (Lipinski definition) is 3. The minimum atomic E-state index is 0.0879. The summed E-state index contributed by atoms with van der Waals surface area (Å²) < 4.78 is 7.86. The molecule has 164 valence electrons. The largest absolute Gasteiger partial charge is 0.495 e. The topological polar surface area (TPSA) is 47.4 Å². The zero-order valence-electron chi connectivity index (χ0n) is 18.7. The number of imidazole rings is 1. The molecule has 5 nitrogen and oxygen atoms in total. The molecule has 0 spiro atoms. The Morgan fingerprint density at radius 1 is 1.00 bits per heavy atom. The molecule has 0 saturated carbocycles. The number of nitrogens with zero attached hydrogens (tertiary/aromatic N) is 3. The van der Waals surface area contributed by atoms with E-state index in [1.165, 1.54) is 37.6 Å². The van der Waals surface area contributed by atoms with Crippen molar-refractivity contribution >= 4 is 22.6 Å². The lowest BCUT2D eigenvalue weighted by Crippen LogP contribution is -2.25. The molecule has 1 aromatic heterocycles. The van der Waals surface area contributed by atoms with Gasteiger partial charge in [-0.3, -0.25) is 4.79 Å². The highest BCUT2D eigenvalue weighted by molar-refractivity contribution is 5.97. The molecule has 1 aliphatic rings. The summed E-state index contributed by atoms with van der Waals surface area (Å²) >= 11 is 0. The molecule has 4 rings (SSSR count). The fraction of sp³-hybridized carbons (Fsp3) is 0.462. The van der Waals surface area contributed by atoms with Gasteiger partial charge in [0.05, 0.1) is 23.8 Å². The van der Waals surface area contributed by atoms with Crippen LogP contribution in [0.25, 0.3) is 11.0 Å². The van der Waals surface area contributed by atoms with Crippen molar-refractivity contribution in [2.75, 3.05) is 18.6 Å². The molecule has 1 unspecified atom stereocenters. The van der Waals surface area contributed by atoms with Gasteiger partial charge in [-0.2, -0.15) is 0 Å². The number of carbonyl (C=O) groups is 1. The lowest BCUT2D eigenvalue weighted by molar-refractivity contribution is -0.117. The average molecular weight is 420 g/mol. The van der Waals surface area contributed by atoms with Crippen LogP contribution in [-0.2, 0) is 11.3 Å². The molecule has 0 aliphatic carbocycles. The van der Waals surface area contributed by atoms with Crippen molar-refractivity contribution in [3.05, 3.63) is 54.4 Å². The Morgan fingerprint density at radius 2 is 1.74 bits per heavy atom. The molecule has 1 saturated heterocycles. The van der Waals surface area contributed by atoms with Crippen molar-refractivity contribution in [3.8, 4) is 5.75 Å². The summed E-state index contributed by atoms with van der Waals surface area (Å²) in [5.41, 5.74) is 3.04. The Hall–Kier alpha value is -2.82. The Balaban J connectivity index is 1.55. The summed E-state index contributed by atoms with van der Waals surface area (Å²) in [5, 5.41) is 0. The number of methoxy groups -OCH3 is 1. The van der Waals surface area contributed by atoms with Crippen molar-refractivity contribution < 1.29 is 9.53 Å². The van der Waals surface area contributed by atoms with Crippen LogP contribution < -0.4 is 9.64 Å². The second kappa shape index (κ2) is 9.99. The van der Waals surface area contributed by atoms with Gasteiger partial charge >= 0.3 is 0 Å². The van der Waals surface area contributed by atoms with E-state index in [-0.39, 0.29) is 11.8 Å². The molecular formula is C26H33N3O2. The van der Waals surface area contributed by atoms with Crippen LogP contribution in [0.5, 0.6) is 5.75 Å². The minimum Gasteiger partial charge on any atom is -0.495 e. The average Bonchev–Trinajstić information content (AvgIpc) is 3.36. The number of anilines is 1. The molecule has 2 heterocycles. The van der Waals surface area contributed by atoms with E-state index in [4.69, 9.17) is 9.72 Å². The molecule has 1 fully saturated rings. The number of fused-ring (bicyclic) bond motifs is 1. The molecule has 2 aromatic carbocycles. The standard InChI is InChI=1S/C26H33N3O2/c1-3-4-5-6-7-12-17-28-22-14-9-8-13-21(22)27-26(28)20-18-25(30)29(19-20)23-15-10-11-16-24(23)31-2/h8-11,13-16,20H,3-7,12,17-19H2,1-2H3.